The molecule has 3 rings (SSSR count). The number of methoxy groups -OCH3 is 1. The van der Waals surface area contributed by atoms with E-state index in [1.54, 1.807) is 18.2 Å². The van der Waals surface area contributed by atoms with Gasteiger partial charge in [-0.05, 0) is 18.2 Å². The number of fused-ring (bicyclic) bond motifs is 3. The summed E-state index contributed by atoms with van der Waals surface area (Å²) >= 11 is 0. The van der Waals surface area contributed by atoms with Crippen LogP contribution in [-0.2, 0) is 0 Å². The van der Waals surface area contributed by atoms with Crippen molar-refractivity contribution in [2.24, 2.45) is 0 Å². The zero-order valence-corrected chi connectivity index (χ0v) is 9.64. The minimum Gasteiger partial charge on any atom is -0.504 e. The summed E-state index contributed by atoms with van der Waals surface area (Å²) in [6.07, 6.45) is 0. The summed E-state index contributed by atoms with van der Waals surface area (Å²) in [6, 6.07) is 10.4. The SMILES string of the molecule is COc1c(O)ccc2c1oc(=O)c1ccccc12. The molecule has 0 fully saturated rings. The molecule has 0 atom stereocenters. The van der Waals surface area contributed by atoms with Crippen molar-refractivity contribution in [3.63, 3.8) is 0 Å². The van der Waals surface area contributed by atoms with Crippen molar-refractivity contribution in [2.75, 3.05) is 7.11 Å². The highest BCUT2D eigenvalue weighted by molar-refractivity contribution is 6.06. The smallest absolute Gasteiger partial charge is 0.344 e. The average molecular weight is 242 g/mol. The molecule has 0 saturated heterocycles. The molecule has 0 unspecified atom stereocenters. The van der Waals surface area contributed by atoms with E-state index in [-0.39, 0.29) is 17.1 Å². The summed E-state index contributed by atoms with van der Waals surface area (Å²) in [7, 11) is 1.42. The fourth-order valence-corrected chi connectivity index (χ4v) is 2.11. The first kappa shape index (κ1) is 10.7. The lowest BCUT2D eigenvalue weighted by Crippen LogP contribution is -2.00. The van der Waals surface area contributed by atoms with Crippen LogP contribution >= 0.6 is 0 Å². The molecule has 0 bridgehead atoms. The van der Waals surface area contributed by atoms with Crippen molar-refractivity contribution in [2.45, 2.75) is 0 Å². The summed E-state index contributed by atoms with van der Waals surface area (Å²) in [4.78, 5) is 11.9. The van der Waals surface area contributed by atoms with E-state index in [1.165, 1.54) is 13.2 Å². The third-order valence-electron chi connectivity index (χ3n) is 2.93. The fraction of sp³-hybridized carbons (Fsp3) is 0.0714. The van der Waals surface area contributed by atoms with Crippen molar-refractivity contribution < 1.29 is 14.3 Å². The summed E-state index contributed by atoms with van der Waals surface area (Å²) in [5.41, 5.74) is -0.178. The van der Waals surface area contributed by atoms with Crippen LogP contribution in [0.15, 0.2) is 45.6 Å². The molecular formula is C14H10O4. The van der Waals surface area contributed by atoms with Crippen LogP contribution < -0.4 is 10.4 Å². The first-order valence-electron chi connectivity index (χ1n) is 5.44. The van der Waals surface area contributed by atoms with E-state index < -0.39 is 5.63 Å². The molecule has 0 amide bonds. The number of aromatic hydroxyl groups is 1. The van der Waals surface area contributed by atoms with E-state index in [0.717, 1.165) is 10.8 Å². The van der Waals surface area contributed by atoms with E-state index in [4.69, 9.17) is 9.15 Å². The molecule has 0 saturated carbocycles. The molecule has 3 aromatic rings. The Morgan fingerprint density at radius 1 is 1.06 bits per heavy atom. The minimum atomic E-state index is -0.443. The second-order valence-corrected chi connectivity index (χ2v) is 3.93. The molecular weight excluding hydrogens is 232 g/mol. The number of hydrogen-bond donors (Lipinski definition) is 1. The predicted molar refractivity (Wildman–Crippen MR) is 68.2 cm³/mol. The van der Waals surface area contributed by atoms with Crippen LogP contribution in [0.2, 0.25) is 0 Å². The van der Waals surface area contributed by atoms with Crippen molar-refractivity contribution in [3.05, 3.63) is 46.8 Å². The Balaban J connectivity index is 2.62. The lowest BCUT2D eigenvalue weighted by molar-refractivity contribution is 0.369. The number of rotatable bonds is 1. The molecule has 4 nitrogen and oxygen atoms in total. The van der Waals surface area contributed by atoms with Gasteiger partial charge in [0.05, 0.1) is 12.5 Å². The zero-order chi connectivity index (χ0) is 12.7. The lowest BCUT2D eigenvalue weighted by Gasteiger charge is -2.07. The molecule has 2 aromatic carbocycles. The Labute approximate surface area is 102 Å². The highest BCUT2D eigenvalue weighted by Gasteiger charge is 2.14. The quantitative estimate of drug-likeness (QED) is 0.526. The van der Waals surface area contributed by atoms with Gasteiger partial charge in [-0.2, -0.15) is 0 Å². The molecule has 1 N–H and O–H groups in total. The van der Waals surface area contributed by atoms with Gasteiger partial charge in [0.2, 0.25) is 5.75 Å². The Morgan fingerprint density at radius 3 is 2.50 bits per heavy atom. The summed E-state index contributed by atoms with van der Waals surface area (Å²) < 4.78 is 10.3. The van der Waals surface area contributed by atoms with Gasteiger partial charge in [-0.3, -0.25) is 0 Å². The fourth-order valence-electron chi connectivity index (χ4n) is 2.11. The van der Waals surface area contributed by atoms with Crippen LogP contribution in [0.25, 0.3) is 21.7 Å². The van der Waals surface area contributed by atoms with E-state index >= 15 is 0 Å². The highest BCUT2D eigenvalue weighted by atomic mass is 16.5. The zero-order valence-electron chi connectivity index (χ0n) is 9.64. The molecule has 18 heavy (non-hydrogen) atoms. The van der Waals surface area contributed by atoms with E-state index in [0.29, 0.717) is 5.39 Å². The van der Waals surface area contributed by atoms with Crippen LogP contribution in [0, 0.1) is 0 Å². The minimum absolute atomic E-state index is 0.0524. The van der Waals surface area contributed by atoms with E-state index in [9.17, 15) is 9.90 Å². The molecule has 0 radical (unpaired) electrons. The lowest BCUT2D eigenvalue weighted by atomic mass is 10.1. The van der Waals surface area contributed by atoms with E-state index in [1.807, 2.05) is 12.1 Å². The van der Waals surface area contributed by atoms with Crippen LogP contribution in [0.5, 0.6) is 11.5 Å². The Bertz CT molecular complexity index is 802. The standard InChI is InChI=1S/C14H10O4/c1-17-13-11(15)7-6-9-8-4-2-3-5-10(8)14(16)18-12(9)13/h2-7,15H,1H3. The van der Waals surface area contributed by atoms with Gasteiger partial charge in [0, 0.05) is 10.8 Å². The monoisotopic (exact) mass is 242 g/mol. The number of phenolic OH excluding ortho intramolecular Hbond substituents is 1. The number of hydrogen-bond acceptors (Lipinski definition) is 4. The normalized spacial score (nSPS) is 10.9. The van der Waals surface area contributed by atoms with Gasteiger partial charge in [-0.25, -0.2) is 4.79 Å². The van der Waals surface area contributed by atoms with Gasteiger partial charge < -0.3 is 14.3 Å². The molecule has 1 heterocycles. The van der Waals surface area contributed by atoms with Crippen molar-refractivity contribution in [3.8, 4) is 11.5 Å². The van der Waals surface area contributed by atoms with Gasteiger partial charge in [-0.1, -0.05) is 18.2 Å². The van der Waals surface area contributed by atoms with Crippen molar-refractivity contribution >= 4 is 21.7 Å². The maximum Gasteiger partial charge on any atom is 0.344 e. The third-order valence-corrected chi connectivity index (χ3v) is 2.93. The summed E-state index contributed by atoms with van der Waals surface area (Å²) in [5, 5.41) is 11.7. The van der Waals surface area contributed by atoms with Crippen molar-refractivity contribution in [1.82, 2.24) is 0 Å². The molecule has 0 aliphatic heterocycles. The van der Waals surface area contributed by atoms with Gasteiger partial charge in [0.1, 0.15) is 0 Å². The third kappa shape index (κ3) is 1.35. The maximum absolute atomic E-state index is 11.9. The molecule has 4 heteroatoms. The topological polar surface area (TPSA) is 59.7 Å². The number of phenols is 1. The first-order valence-corrected chi connectivity index (χ1v) is 5.44. The second-order valence-electron chi connectivity index (χ2n) is 3.93. The second kappa shape index (κ2) is 3.77. The maximum atomic E-state index is 11.9. The van der Waals surface area contributed by atoms with Gasteiger partial charge in [-0.15, -0.1) is 0 Å². The van der Waals surface area contributed by atoms with Gasteiger partial charge in [0.25, 0.3) is 0 Å². The summed E-state index contributed by atoms with van der Waals surface area (Å²) in [6.45, 7) is 0. The molecule has 0 spiro atoms. The van der Waals surface area contributed by atoms with Gasteiger partial charge >= 0.3 is 5.63 Å². The molecule has 0 aliphatic rings. The summed E-state index contributed by atoms with van der Waals surface area (Å²) in [5.74, 6) is 0.124. The highest BCUT2D eigenvalue weighted by Crippen LogP contribution is 2.36. The van der Waals surface area contributed by atoms with Crippen LogP contribution in [0.3, 0.4) is 0 Å². The molecule has 1 aromatic heterocycles. The number of ether oxygens (including phenoxy) is 1. The number of benzene rings is 2. The van der Waals surface area contributed by atoms with Crippen molar-refractivity contribution in [1.29, 1.82) is 0 Å². The molecule has 90 valence electrons. The first-order chi connectivity index (χ1) is 8.72. The predicted octanol–water partition coefficient (Wildman–Crippen LogP) is 2.66. The largest absolute Gasteiger partial charge is 0.504 e. The Morgan fingerprint density at radius 2 is 1.78 bits per heavy atom. The molecule has 0 aliphatic carbocycles. The Kier molecular flexibility index (Phi) is 2.23. The van der Waals surface area contributed by atoms with Crippen LogP contribution in [0.1, 0.15) is 0 Å². The van der Waals surface area contributed by atoms with Crippen LogP contribution in [0.4, 0.5) is 0 Å². The van der Waals surface area contributed by atoms with Crippen LogP contribution in [-0.4, -0.2) is 12.2 Å². The van der Waals surface area contributed by atoms with Gasteiger partial charge in [0.15, 0.2) is 11.3 Å². The average Bonchev–Trinajstić information content (AvgIpc) is 2.39. The van der Waals surface area contributed by atoms with E-state index in [2.05, 4.69) is 0 Å². The Hall–Kier alpha value is -2.49.